The fourth-order valence-electron chi connectivity index (χ4n) is 2.27. The van der Waals surface area contributed by atoms with E-state index in [1.54, 1.807) is 4.90 Å². The van der Waals surface area contributed by atoms with Crippen molar-refractivity contribution < 1.29 is 14.7 Å². The lowest BCUT2D eigenvalue weighted by Gasteiger charge is -2.23. The van der Waals surface area contributed by atoms with Gasteiger partial charge in [-0.15, -0.1) is 0 Å². The quantitative estimate of drug-likeness (QED) is 0.673. The van der Waals surface area contributed by atoms with Crippen LogP contribution in [-0.4, -0.2) is 48.6 Å². The first-order valence-electron chi connectivity index (χ1n) is 6.21. The summed E-state index contributed by atoms with van der Waals surface area (Å²) in [5, 5.41) is 12.2. The van der Waals surface area contributed by atoms with Gasteiger partial charge in [0.2, 0.25) is 5.91 Å². The Morgan fingerprint density at radius 1 is 1.47 bits per heavy atom. The van der Waals surface area contributed by atoms with Crippen LogP contribution in [0.4, 0.5) is 0 Å². The van der Waals surface area contributed by atoms with Crippen LogP contribution < -0.4 is 5.32 Å². The normalized spacial score (nSPS) is 24.0. The number of nitrogens with zero attached hydrogens (tertiary/aromatic N) is 1. The van der Waals surface area contributed by atoms with Gasteiger partial charge in [0.1, 0.15) is 0 Å². The van der Waals surface area contributed by atoms with Gasteiger partial charge in [-0.2, -0.15) is 0 Å². The molecule has 1 saturated heterocycles. The van der Waals surface area contributed by atoms with E-state index in [-0.39, 0.29) is 5.91 Å². The minimum atomic E-state index is -0.773. The van der Waals surface area contributed by atoms with Crippen molar-refractivity contribution in [2.24, 2.45) is 5.41 Å². The Hall–Kier alpha value is -1.10. The van der Waals surface area contributed by atoms with E-state index in [2.05, 4.69) is 5.32 Å². The standard InChI is InChI=1S/C12H22N2O3/c1-3-12(11(16)17)6-8-14(9-12)10(15)5-4-7-13-2/h13H,3-9H2,1-2H3,(H,16,17). The molecule has 0 aromatic heterocycles. The van der Waals surface area contributed by atoms with Gasteiger partial charge in [-0.05, 0) is 32.9 Å². The van der Waals surface area contributed by atoms with E-state index >= 15 is 0 Å². The molecule has 1 heterocycles. The number of amides is 1. The van der Waals surface area contributed by atoms with Crippen LogP contribution in [-0.2, 0) is 9.59 Å². The first-order valence-corrected chi connectivity index (χ1v) is 6.21. The van der Waals surface area contributed by atoms with Crippen LogP contribution in [0.15, 0.2) is 0 Å². The first kappa shape index (κ1) is 14.0. The lowest BCUT2D eigenvalue weighted by molar-refractivity contribution is -0.148. The molecule has 0 aromatic rings. The first-order chi connectivity index (χ1) is 8.05. The van der Waals surface area contributed by atoms with Crippen molar-refractivity contribution in [2.75, 3.05) is 26.7 Å². The summed E-state index contributed by atoms with van der Waals surface area (Å²) in [7, 11) is 1.85. The van der Waals surface area contributed by atoms with Crippen molar-refractivity contribution in [1.29, 1.82) is 0 Å². The van der Waals surface area contributed by atoms with Gasteiger partial charge in [-0.25, -0.2) is 0 Å². The highest BCUT2D eigenvalue weighted by atomic mass is 16.4. The number of carbonyl (C=O) groups is 2. The zero-order chi connectivity index (χ0) is 12.9. The third kappa shape index (κ3) is 3.19. The van der Waals surface area contributed by atoms with E-state index in [1.165, 1.54) is 0 Å². The minimum Gasteiger partial charge on any atom is -0.481 e. The maximum Gasteiger partial charge on any atom is 0.311 e. The Balaban J connectivity index is 2.49. The summed E-state index contributed by atoms with van der Waals surface area (Å²) >= 11 is 0. The predicted octanol–water partition coefficient (Wildman–Crippen LogP) is 0.699. The average molecular weight is 242 g/mol. The second-order valence-corrected chi connectivity index (χ2v) is 4.71. The number of nitrogens with one attached hydrogen (secondary N) is 1. The molecule has 0 saturated carbocycles. The number of aliphatic carboxylic acids is 1. The van der Waals surface area contributed by atoms with Crippen LogP contribution in [0.3, 0.4) is 0 Å². The molecule has 17 heavy (non-hydrogen) atoms. The number of rotatable bonds is 6. The Labute approximate surface area is 102 Å². The highest BCUT2D eigenvalue weighted by Crippen LogP contribution is 2.34. The molecule has 1 atom stereocenters. The van der Waals surface area contributed by atoms with Crippen LogP contribution in [0, 0.1) is 5.41 Å². The molecule has 5 heteroatoms. The van der Waals surface area contributed by atoms with Crippen molar-refractivity contribution in [3.8, 4) is 0 Å². The predicted molar refractivity (Wildman–Crippen MR) is 64.7 cm³/mol. The molecule has 0 aliphatic carbocycles. The van der Waals surface area contributed by atoms with Crippen LogP contribution >= 0.6 is 0 Å². The molecule has 0 radical (unpaired) electrons. The minimum absolute atomic E-state index is 0.0804. The molecule has 1 unspecified atom stereocenters. The molecule has 1 fully saturated rings. The topological polar surface area (TPSA) is 69.6 Å². The van der Waals surface area contributed by atoms with Crippen molar-refractivity contribution in [3.05, 3.63) is 0 Å². The number of carboxylic acid groups (broad SMARTS) is 1. The summed E-state index contributed by atoms with van der Waals surface area (Å²) in [6.45, 7) is 3.65. The summed E-state index contributed by atoms with van der Waals surface area (Å²) < 4.78 is 0. The van der Waals surface area contributed by atoms with E-state index in [0.29, 0.717) is 32.4 Å². The molecule has 2 N–H and O–H groups in total. The Bertz CT molecular complexity index is 293. The molecule has 0 spiro atoms. The zero-order valence-electron chi connectivity index (χ0n) is 10.7. The van der Waals surface area contributed by atoms with Crippen LogP contribution in [0.25, 0.3) is 0 Å². The SMILES string of the molecule is CCC1(C(=O)O)CCN(C(=O)CCCNC)C1. The Morgan fingerprint density at radius 3 is 2.65 bits per heavy atom. The van der Waals surface area contributed by atoms with Crippen LogP contribution in [0.2, 0.25) is 0 Å². The lowest BCUT2D eigenvalue weighted by Crippen LogP contribution is -2.36. The fourth-order valence-corrected chi connectivity index (χ4v) is 2.27. The van der Waals surface area contributed by atoms with Gasteiger partial charge in [0.05, 0.1) is 5.41 Å². The van der Waals surface area contributed by atoms with Gasteiger partial charge in [-0.3, -0.25) is 9.59 Å². The monoisotopic (exact) mass is 242 g/mol. The van der Waals surface area contributed by atoms with Crippen molar-refractivity contribution in [2.45, 2.75) is 32.6 Å². The number of likely N-dealkylation sites (tertiary alicyclic amines) is 1. The summed E-state index contributed by atoms with van der Waals surface area (Å²) in [4.78, 5) is 24.8. The van der Waals surface area contributed by atoms with E-state index in [4.69, 9.17) is 0 Å². The average Bonchev–Trinajstić information content (AvgIpc) is 2.75. The number of carbonyl (C=O) groups excluding carboxylic acids is 1. The number of hydrogen-bond acceptors (Lipinski definition) is 3. The lowest BCUT2D eigenvalue weighted by atomic mass is 9.84. The van der Waals surface area contributed by atoms with Crippen molar-refractivity contribution in [3.63, 3.8) is 0 Å². The van der Waals surface area contributed by atoms with Gasteiger partial charge in [0.25, 0.3) is 0 Å². The van der Waals surface area contributed by atoms with E-state index < -0.39 is 11.4 Å². The smallest absolute Gasteiger partial charge is 0.311 e. The van der Waals surface area contributed by atoms with E-state index in [0.717, 1.165) is 13.0 Å². The number of carboxylic acids is 1. The second kappa shape index (κ2) is 6.00. The van der Waals surface area contributed by atoms with E-state index in [1.807, 2.05) is 14.0 Å². The maximum absolute atomic E-state index is 11.9. The summed E-state index contributed by atoms with van der Waals surface area (Å²) in [6.07, 6.45) is 2.47. The Morgan fingerprint density at radius 2 is 2.18 bits per heavy atom. The fraction of sp³-hybridized carbons (Fsp3) is 0.833. The molecular weight excluding hydrogens is 220 g/mol. The molecule has 1 aliphatic rings. The maximum atomic E-state index is 11.9. The summed E-state index contributed by atoms with van der Waals surface area (Å²) in [5.74, 6) is -0.692. The molecule has 1 aliphatic heterocycles. The zero-order valence-corrected chi connectivity index (χ0v) is 10.7. The second-order valence-electron chi connectivity index (χ2n) is 4.71. The van der Waals surface area contributed by atoms with E-state index in [9.17, 15) is 14.7 Å². The van der Waals surface area contributed by atoms with Gasteiger partial charge < -0.3 is 15.3 Å². The molecule has 5 nitrogen and oxygen atoms in total. The highest BCUT2D eigenvalue weighted by molar-refractivity contribution is 5.80. The molecule has 98 valence electrons. The molecule has 1 rings (SSSR count). The number of hydrogen-bond donors (Lipinski definition) is 2. The summed E-state index contributed by atoms with van der Waals surface area (Å²) in [5.41, 5.74) is -0.710. The van der Waals surface area contributed by atoms with Gasteiger partial charge in [0, 0.05) is 19.5 Å². The van der Waals surface area contributed by atoms with Crippen molar-refractivity contribution >= 4 is 11.9 Å². The molecular formula is C12H22N2O3. The summed E-state index contributed by atoms with van der Waals surface area (Å²) in [6, 6.07) is 0. The Kier molecular flexibility index (Phi) is 4.93. The molecule has 0 bridgehead atoms. The third-order valence-electron chi connectivity index (χ3n) is 3.65. The van der Waals surface area contributed by atoms with Crippen molar-refractivity contribution in [1.82, 2.24) is 10.2 Å². The van der Waals surface area contributed by atoms with Gasteiger partial charge >= 0.3 is 5.97 Å². The highest BCUT2D eigenvalue weighted by Gasteiger charge is 2.44. The molecule has 1 amide bonds. The largest absolute Gasteiger partial charge is 0.481 e. The van der Waals surface area contributed by atoms with Crippen LogP contribution in [0.5, 0.6) is 0 Å². The van der Waals surface area contributed by atoms with Gasteiger partial charge in [-0.1, -0.05) is 6.92 Å². The van der Waals surface area contributed by atoms with Crippen LogP contribution in [0.1, 0.15) is 32.6 Å². The third-order valence-corrected chi connectivity index (χ3v) is 3.65. The van der Waals surface area contributed by atoms with Gasteiger partial charge in [0.15, 0.2) is 0 Å². The molecule has 0 aromatic carbocycles.